The minimum absolute atomic E-state index is 0.166. The molecule has 0 aliphatic heterocycles. The van der Waals surface area contributed by atoms with Gasteiger partial charge < -0.3 is 9.88 Å². The van der Waals surface area contributed by atoms with Crippen LogP contribution in [0.3, 0.4) is 0 Å². The van der Waals surface area contributed by atoms with Crippen LogP contribution >= 0.6 is 27.5 Å². The Hall–Kier alpha value is -0.550. The molecule has 88 valence electrons. The molecule has 0 radical (unpaired) electrons. The monoisotopic (exact) mass is 305 g/mol. The first kappa shape index (κ1) is 11.9. The fraction of sp³-hybridized carbons (Fsp3) is 0.600. The normalized spacial score (nSPS) is 23.9. The Morgan fingerprint density at radius 3 is 3.00 bits per heavy atom. The van der Waals surface area contributed by atoms with Crippen LogP contribution in [0.2, 0.25) is 5.02 Å². The van der Waals surface area contributed by atoms with Crippen LogP contribution in [0, 0.1) is 5.92 Å². The molecule has 1 aromatic heterocycles. The van der Waals surface area contributed by atoms with Gasteiger partial charge in [-0.3, -0.25) is 4.79 Å². The van der Waals surface area contributed by atoms with Crippen molar-refractivity contribution in [2.24, 2.45) is 5.92 Å². The van der Waals surface area contributed by atoms with Gasteiger partial charge in [-0.15, -0.1) is 0 Å². The van der Waals surface area contributed by atoms with Crippen molar-refractivity contribution in [1.82, 2.24) is 9.97 Å². The molecule has 0 unspecified atom stereocenters. The molecule has 6 heteroatoms. The van der Waals surface area contributed by atoms with Gasteiger partial charge in [0.25, 0.3) is 5.56 Å². The minimum Gasteiger partial charge on any atom is -0.358 e. The standard InChI is InChI=1S/C10H13BrClN3O/c1-15(4-6-2-7(11)3-6)9-8(12)10(16)14-5-13-9/h5-7H,2-4H2,1H3,(H,13,14,16). The molecular weight excluding hydrogens is 293 g/mol. The van der Waals surface area contributed by atoms with Crippen molar-refractivity contribution in [3.63, 3.8) is 0 Å². The first-order chi connectivity index (χ1) is 7.58. The number of hydrogen-bond acceptors (Lipinski definition) is 3. The van der Waals surface area contributed by atoms with Crippen LogP contribution in [-0.2, 0) is 0 Å². The van der Waals surface area contributed by atoms with Crippen molar-refractivity contribution in [3.8, 4) is 0 Å². The topological polar surface area (TPSA) is 49.0 Å². The summed E-state index contributed by atoms with van der Waals surface area (Å²) in [5.41, 5.74) is -0.287. The Balaban J connectivity index is 2.06. The molecule has 1 N–H and O–H groups in total. The van der Waals surface area contributed by atoms with E-state index in [1.54, 1.807) is 0 Å². The summed E-state index contributed by atoms with van der Waals surface area (Å²) in [4.78, 5) is 20.4. The van der Waals surface area contributed by atoms with Crippen LogP contribution in [0.5, 0.6) is 0 Å². The van der Waals surface area contributed by atoms with E-state index < -0.39 is 0 Å². The number of anilines is 1. The molecule has 0 saturated heterocycles. The number of aromatic nitrogens is 2. The van der Waals surface area contributed by atoms with Gasteiger partial charge in [-0.25, -0.2) is 4.98 Å². The van der Waals surface area contributed by atoms with Gasteiger partial charge >= 0.3 is 0 Å². The number of aromatic amines is 1. The zero-order valence-corrected chi connectivity index (χ0v) is 11.3. The van der Waals surface area contributed by atoms with Crippen LogP contribution in [0.15, 0.2) is 11.1 Å². The highest BCUT2D eigenvalue weighted by Gasteiger charge is 2.28. The molecule has 1 fully saturated rings. The van der Waals surface area contributed by atoms with E-state index >= 15 is 0 Å². The summed E-state index contributed by atoms with van der Waals surface area (Å²) >= 11 is 9.46. The van der Waals surface area contributed by atoms with E-state index in [9.17, 15) is 4.79 Å². The van der Waals surface area contributed by atoms with Crippen molar-refractivity contribution >= 4 is 33.3 Å². The Labute approximate surface area is 107 Å². The lowest BCUT2D eigenvalue weighted by atomic mass is 9.85. The fourth-order valence-electron chi connectivity index (χ4n) is 1.92. The lowest BCUT2D eigenvalue weighted by Gasteiger charge is -2.34. The second kappa shape index (κ2) is 4.75. The van der Waals surface area contributed by atoms with Gasteiger partial charge in [0.05, 0.1) is 6.33 Å². The average molecular weight is 307 g/mol. The van der Waals surface area contributed by atoms with Gasteiger partial charge in [-0.2, -0.15) is 0 Å². The summed E-state index contributed by atoms with van der Waals surface area (Å²) in [6.07, 6.45) is 3.73. The Morgan fingerprint density at radius 1 is 1.69 bits per heavy atom. The van der Waals surface area contributed by atoms with Crippen molar-refractivity contribution < 1.29 is 0 Å². The van der Waals surface area contributed by atoms with Crippen LogP contribution in [0.25, 0.3) is 0 Å². The highest BCUT2D eigenvalue weighted by Crippen LogP contribution is 2.34. The van der Waals surface area contributed by atoms with E-state index in [-0.39, 0.29) is 10.6 Å². The summed E-state index contributed by atoms with van der Waals surface area (Å²) in [6.45, 7) is 0.887. The van der Waals surface area contributed by atoms with Gasteiger partial charge in [0.2, 0.25) is 0 Å². The lowest BCUT2D eigenvalue weighted by Crippen LogP contribution is -2.35. The quantitative estimate of drug-likeness (QED) is 0.869. The van der Waals surface area contributed by atoms with Crippen molar-refractivity contribution in [3.05, 3.63) is 21.7 Å². The molecule has 1 aliphatic carbocycles. The predicted octanol–water partition coefficient (Wildman–Crippen LogP) is 2.03. The number of nitrogens with zero attached hydrogens (tertiary/aromatic N) is 2. The second-order valence-corrected chi connectivity index (χ2v) is 5.86. The van der Waals surface area contributed by atoms with Crippen LogP contribution < -0.4 is 10.5 Å². The molecule has 0 spiro atoms. The van der Waals surface area contributed by atoms with Crippen molar-refractivity contribution in [2.45, 2.75) is 17.7 Å². The molecule has 1 heterocycles. The minimum atomic E-state index is -0.287. The number of alkyl halides is 1. The zero-order valence-electron chi connectivity index (χ0n) is 8.91. The van der Waals surface area contributed by atoms with Gasteiger partial charge in [-0.05, 0) is 18.8 Å². The summed E-state index contributed by atoms with van der Waals surface area (Å²) in [5.74, 6) is 1.22. The number of nitrogens with one attached hydrogen (secondary N) is 1. The Kier molecular flexibility index (Phi) is 3.54. The average Bonchev–Trinajstić information content (AvgIpc) is 2.19. The largest absolute Gasteiger partial charge is 0.358 e. The predicted molar refractivity (Wildman–Crippen MR) is 68.6 cm³/mol. The van der Waals surface area contributed by atoms with E-state index in [1.165, 1.54) is 19.2 Å². The van der Waals surface area contributed by atoms with Crippen molar-refractivity contribution in [2.75, 3.05) is 18.5 Å². The van der Waals surface area contributed by atoms with Gasteiger partial charge in [0.1, 0.15) is 5.02 Å². The van der Waals surface area contributed by atoms with Gasteiger partial charge in [0.15, 0.2) is 5.82 Å². The molecule has 0 atom stereocenters. The van der Waals surface area contributed by atoms with Crippen LogP contribution in [0.4, 0.5) is 5.82 Å². The maximum Gasteiger partial charge on any atom is 0.271 e. The smallest absolute Gasteiger partial charge is 0.271 e. The highest BCUT2D eigenvalue weighted by molar-refractivity contribution is 9.09. The molecule has 0 aromatic carbocycles. The molecule has 1 aromatic rings. The Bertz CT molecular complexity index is 430. The Morgan fingerprint density at radius 2 is 2.38 bits per heavy atom. The summed E-state index contributed by atoms with van der Waals surface area (Å²) in [5, 5.41) is 0.166. The molecule has 0 amide bonds. The molecule has 2 rings (SSSR count). The third-order valence-electron chi connectivity index (χ3n) is 2.85. The third kappa shape index (κ3) is 2.40. The zero-order chi connectivity index (χ0) is 11.7. The SMILES string of the molecule is CN(CC1CC(Br)C1)c1nc[nH]c(=O)c1Cl. The fourth-order valence-corrected chi connectivity index (χ4v) is 3.22. The summed E-state index contributed by atoms with van der Waals surface area (Å²) < 4.78 is 0. The molecule has 1 aliphatic rings. The number of hydrogen-bond donors (Lipinski definition) is 1. The van der Waals surface area contributed by atoms with Crippen LogP contribution in [0.1, 0.15) is 12.8 Å². The van der Waals surface area contributed by atoms with E-state index in [0.717, 1.165) is 6.54 Å². The molecule has 16 heavy (non-hydrogen) atoms. The molecular formula is C10H13BrClN3O. The first-order valence-corrected chi connectivity index (χ1v) is 6.45. The number of H-pyrrole nitrogens is 1. The van der Waals surface area contributed by atoms with Crippen molar-refractivity contribution in [1.29, 1.82) is 0 Å². The molecule has 4 nitrogen and oxygen atoms in total. The van der Waals surface area contributed by atoms with E-state index in [0.29, 0.717) is 16.6 Å². The summed E-state index contributed by atoms with van der Waals surface area (Å²) in [7, 11) is 1.91. The number of halogens is 2. The van der Waals surface area contributed by atoms with E-state index in [2.05, 4.69) is 25.9 Å². The lowest BCUT2D eigenvalue weighted by molar-refractivity contribution is 0.338. The van der Waals surface area contributed by atoms with Crippen LogP contribution in [-0.4, -0.2) is 28.4 Å². The maximum absolute atomic E-state index is 11.3. The first-order valence-electron chi connectivity index (χ1n) is 5.16. The number of rotatable bonds is 3. The van der Waals surface area contributed by atoms with E-state index in [1.807, 2.05) is 11.9 Å². The van der Waals surface area contributed by atoms with Gasteiger partial charge in [0, 0.05) is 18.4 Å². The molecule has 0 bridgehead atoms. The van der Waals surface area contributed by atoms with Gasteiger partial charge in [-0.1, -0.05) is 27.5 Å². The van der Waals surface area contributed by atoms with E-state index in [4.69, 9.17) is 11.6 Å². The molecule has 1 saturated carbocycles. The maximum atomic E-state index is 11.3. The highest BCUT2D eigenvalue weighted by atomic mass is 79.9. The summed E-state index contributed by atoms with van der Waals surface area (Å²) in [6, 6.07) is 0. The third-order valence-corrected chi connectivity index (χ3v) is 3.94. The second-order valence-electron chi connectivity index (χ2n) is 4.18.